The molecule has 0 amide bonds. The summed E-state index contributed by atoms with van der Waals surface area (Å²) in [5.74, 6) is 0. The van der Waals surface area contributed by atoms with Gasteiger partial charge in [-0.1, -0.05) is 12.1 Å². The highest BCUT2D eigenvalue weighted by atomic mass is 15.1. The third-order valence-corrected chi connectivity index (χ3v) is 1.81. The van der Waals surface area contributed by atoms with Gasteiger partial charge in [-0.3, -0.25) is 9.98 Å². The molecule has 0 spiro atoms. The van der Waals surface area contributed by atoms with E-state index in [0.717, 1.165) is 10.7 Å². The second-order valence-corrected chi connectivity index (χ2v) is 2.73. The number of benzene rings is 1. The minimum Gasteiger partial charge on any atom is -0.307 e. The van der Waals surface area contributed by atoms with Crippen LogP contribution in [0.1, 0.15) is 0 Å². The summed E-state index contributed by atoms with van der Waals surface area (Å²) in [6.45, 7) is 0. The summed E-state index contributed by atoms with van der Waals surface area (Å²) in [7, 11) is 0. The van der Waals surface area contributed by atoms with Crippen molar-refractivity contribution in [3.63, 3.8) is 0 Å². The third-order valence-electron chi connectivity index (χ3n) is 1.81. The SMILES string of the molecule is NC1N=c2ccccc2=NC1N. The molecule has 4 heteroatoms. The Kier molecular flexibility index (Phi) is 1.64. The predicted octanol–water partition coefficient (Wildman–Crippen LogP) is -1.49. The minimum absolute atomic E-state index is 0.403. The van der Waals surface area contributed by atoms with Gasteiger partial charge in [-0.15, -0.1) is 0 Å². The van der Waals surface area contributed by atoms with Gasteiger partial charge in [0.1, 0.15) is 12.3 Å². The zero-order valence-electron chi connectivity index (χ0n) is 6.51. The van der Waals surface area contributed by atoms with E-state index in [1.165, 1.54) is 0 Å². The van der Waals surface area contributed by atoms with E-state index in [4.69, 9.17) is 11.5 Å². The van der Waals surface area contributed by atoms with Gasteiger partial charge in [-0.05, 0) is 12.1 Å². The molecule has 12 heavy (non-hydrogen) atoms. The number of fused-ring (bicyclic) bond motifs is 1. The summed E-state index contributed by atoms with van der Waals surface area (Å²) in [6, 6.07) is 7.57. The number of nitrogens with zero attached hydrogens (tertiary/aromatic N) is 2. The Morgan fingerprint density at radius 1 is 0.917 bits per heavy atom. The molecular weight excluding hydrogens is 152 g/mol. The molecule has 0 radical (unpaired) electrons. The van der Waals surface area contributed by atoms with Crippen LogP contribution >= 0.6 is 0 Å². The van der Waals surface area contributed by atoms with Crippen LogP contribution in [-0.4, -0.2) is 12.3 Å². The first-order chi connectivity index (χ1) is 5.77. The third kappa shape index (κ3) is 1.11. The summed E-state index contributed by atoms with van der Waals surface area (Å²) < 4.78 is 0. The molecule has 2 unspecified atom stereocenters. The second kappa shape index (κ2) is 2.66. The molecule has 1 aliphatic rings. The molecule has 1 aliphatic heterocycles. The standard InChI is InChI=1S/C8H10N4/c9-7-8(10)12-6-4-2-1-3-5(6)11-7/h1-4,7-8H,9-10H2. The first kappa shape index (κ1) is 7.39. The van der Waals surface area contributed by atoms with E-state index in [9.17, 15) is 0 Å². The van der Waals surface area contributed by atoms with Crippen molar-refractivity contribution >= 4 is 0 Å². The van der Waals surface area contributed by atoms with Crippen LogP contribution in [0.25, 0.3) is 0 Å². The highest BCUT2D eigenvalue weighted by Crippen LogP contribution is 1.91. The molecule has 1 aromatic rings. The summed E-state index contributed by atoms with van der Waals surface area (Å²) in [5, 5.41) is 1.65. The Morgan fingerprint density at radius 2 is 1.33 bits per heavy atom. The molecule has 4 nitrogen and oxygen atoms in total. The lowest BCUT2D eigenvalue weighted by atomic mass is 10.3. The molecule has 62 valence electrons. The lowest BCUT2D eigenvalue weighted by Gasteiger charge is -2.14. The van der Waals surface area contributed by atoms with Crippen LogP contribution in [0.4, 0.5) is 0 Å². The minimum atomic E-state index is -0.403. The smallest absolute Gasteiger partial charge is 0.133 e. The van der Waals surface area contributed by atoms with Crippen molar-refractivity contribution in [2.75, 3.05) is 0 Å². The van der Waals surface area contributed by atoms with Crippen LogP contribution in [0.3, 0.4) is 0 Å². The number of hydrogen-bond donors (Lipinski definition) is 2. The normalized spacial score (nSPS) is 26.8. The molecule has 0 saturated carbocycles. The van der Waals surface area contributed by atoms with E-state index in [-0.39, 0.29) is 0 Å². The van der Waals surface area contributed by atoms with E-state index in [2.05, 4.69) is 9.98 Å². The topological polar surface area (TPSA) is 76.8 Å². The maximum atomic E-state index is 5.61. The second-order valence-electron chi connectivity index (χ2n) is 2.73. The zero-order valence-corrected chi connectivity index (χ0v) is 6.51. The highest BCUT2D eigenvalue weighted by molar-refractivity contribution is 5.03. The van der Waals surface area contributed by atoms with Gasteiger partial charge in [0.25, 0.3) is 0 Å². The van der Waals surface area contributed by atoms with E-state index in [0.29, 0.717) is 0 Å². The quantitative estimate of drug-likeness (QED) is 0.487. The van der Waals surface area contributed by atoms with Crippen LogP contribution in [0.2, 0.25) is 0 Å². The summed E-state index contributed by atoms with van der Waals surface area (Å²) in [4.78, 5) is 8.37. The van der Waals surface area contributed by atoms with Gasteiger partial charge >= 0.3 is 0 Å². The summed E-state index contributed by atoms with van der Waals surface area (Å²) in [5.41, 5.74) is 11.2. The largest absolute Gasteiger partial charge is 0.307 e. The van der Waals surface area contributed by atoms with Crippen molar-refractivity contribution in [2.24, 2.45) is 21.5 Å². The van der Waals surface area contributed by atoms with Gasteiger partial charge in [0.15, 0.2) is 0 Å². The summed E-state index contributed by atoms with van der Waals surface area (Å²) in [6.07, 6.45) is -0.806. The molecule has 2 atom stereocenters. The Morgan fingerprint density at radius 3 is 1.75 bits per heavy atom. The molecule has 1 aromatic carbocycles. The molecule has 2 rings (SSSR count). The molecule has 0 fully saturated rings. The van der Waals surface area contributed by atoms with Gasteiger partial charge in [-0.25, -0.2) is 0 Å². The Balaban J connectivity index is 2.70. The Labute approximate surface area is 69.6 Å². The molecule has 1 heterocycles. The Hall–Kier alpha value is -1.26. The lowest BCUT2D eigenvalue weighted by Crippen LogP contribution is -2.47. The van der Waals surface area contributed by atoms with Gasteiger partial charge in [0, 0.05) is 0 Å². The van der Waals surface area contributed by atoms with Crippen molar-refractivity contribution in [3.05, 3.63) is 35.0 Å². The molecule has 0 aromatic heterocycles. The van der Waals surface area contributed by atoms with Crippen molar-refractivity contribution in [2.45, 2.75) is 12.3 Å². The van der Waals surface area contributed by atoms with E-state index in [1.54, 1.807) is 0 Å². The van der Waals surface area contributed by atoms with Crippen molar-refractivity contribution in [1.29, 1.82) is 0 Å². The first-order valence-corrected chi connectivity index (χ1v) is 3.79. The van der Waals surface area contributed by atoms with Crippen molar-refractivity contribution in [1.82, 2.24) is 0 Å². The average Bonchev–Trinajstić information content (AvgIpc) is 2.07. The van der Waals surface area contributed by atoms with Crippen LogP contribution in [0.5, 0.6) is 0 Å². The maximum Gasteiger partial charge on any atom is 0.133 e. The van der Waals surface area contributed by atoms with E-state index >= 15 is 0 Å². The molecular formula is C8H10N4. The fourth-order valence-corrected chi connectivity index (χ4v) is 1.16. The fraction of sp³-hybridized carbons (Fsp3) is 0.250. The van der Waals surface area contributed by atoms with Gasteiger partial charge in [0.2, 0.25) is 0 Å². The van der Waals surface area contributed by atoms with Gasteiger partial charge in [0.05, 0.1) is 10.7 Å². The fourth-order valence-electron chi connectivity index (χ4n) is 1.16. The monoisotopic (exact) mass is 162 g/mol. The number of nitrogens with two attached hydrogens (primary N) is 2. The molecule has 4 N–H and O–H groups in total. The van der Waals surface area contributed by atoms with E-state index in [1.807, 2.05) is 24.3 Å². The first-order valence-electron chi connectivity index (χ1n) is 3.79. The lowest BCUT2D eigenvalue weighted by molar-refractivity contribution is 0.524. The van der Waals surface area contributed by atoms with Crippen LogP contribution in [0, 0.1) is 0 Å². The van der Waals surface area contributed by atoms with Crippen LogP contribution < -0.4 is 22.2 Å². The van der Waals surface area contributed by atoms with Gasteiger partial charge in [-0.2, -0.15) is 0 Å². The Bertz CT molecular complexity index is 359. The predicted molar refractivity (Wildman–Crippen MR) is 44.7 cm³/mol. The van der Waals surface area contributed by atoms with Gasteiger partial charge < -0.3 is 11.5 Å². The highest BCUT2D eigenvalue weighted by Gasteiger charge is 2.12. The van der Waals surface area contributed by atoms with Crippen LogP contribution in [-0.2, 0) is 0 Å². The molecule has 0 saturated heterocycles. The molecule has 0 aliphatic carbocycles. The number of hydrogen-bond acceptors (Lipinski definition) is 4. The number of rotatable bonds is 0. The van der Waals surface area contributed by atoms with E-state index < -0.39 is 12.3 Å². The average molecular weight is 162 g/mol. The van der Waals surface area contributed by atoms with Crippen molar-refractivity contribution in [3.8, 4) is 0 Å². The number of para-hydroxylation sites is 2. The molecule has 0 bridgehead atoms. The summed E-state index contributed by atoms with van der Waals surface area (Å²) >= 11 is 0. The zero-order chi connectivity index (χ0) is 8.55. The van der Waals surface area contributed by atoms with Crippen LogP contribution in [0.15, 0.2) is 34.3 Å². The van der Waals surface area contributed by atoms with Crippen molar-refractivity contribution < 1.29 is 0 Å². The maximum absolute atomic E-state index is 5.61.